The average molecular weight is 184 g/mol. The lowest BCUT2D eigenvalue weighted by Crippen LogP contribution is -2.20. The van der Waals surface area contributed by atoms with Gasteiger partial charge in [-0.3, -0.25) is 4.31 Å². The lowest BCUT2D eigenvalue weighted by Gasteiger charge is -2.12. The first-order valence-corrected chi connectivity index (χ1v) is 4.96. The van der Waals surface area contributed by atoms with Crippen molar-refractivity contribution in [1.82, 2.24) is 4.31 Å². The van der Waals surface area contributed by atoms with Gasteiger partial charge in [0.05, 0.1) is 11.4 Å². The minimum Gasteiger partial charge on any atom is -0.253 e. The summed E-state index contributed by atoms with van der Waals surface area (Å²) in [6.07, 6.45) is 6.09. The van der Waals surface area contributed by atoms with Gasteiger partial charge in [-0.2, -0.15) is 8.42 Å². The molecule has 0 fully saturated rings. The van der Waals surface area contributed by atoms with Gasteiger partial charge in [-0.05, 0) is 6.08 Å². The highest BCUT2D eigenvalue weighted by Gasteiger charge is 2.30. The van der Waals surface area contributed by atoms with Gasteiger partial charge in [0.25, 0.3) is 0 Å². The van der Waals surface area contributed by atoms with Crippen LogP contribution in [0, 0.1) is 0 Å². The lowest BCUT2D eigenvalue weighted by atomic mass is 10.1. The van der Waals surface area contributed by atoms with E-state index in [-0.39, 0.29) is 0 Å². The Hall–Kier alpha value is -1.10. The van der Waals surface area contributed by atoms with Crippen molar-refractivity contribution in [3.8, 4) is 0 Å². The van der Waals surface area contributed by atoms with E-state index in [0.717, 1.165) is 0 Å². The highest BCUT2D eigenvalue weighted by molar-refractivity contribution is 7.88. The number of nitrogens with zero attached hydrogens (tertiary/aromatic N) is 2. The van der Waals surface area contributed by atoms with Gasteiger partial charge >= 0.3 is 10.2 Å². The lowest BCUT2D eigenvalue weighted by molar-refractivity contribution is 0.541. The van der Waals surface area contributed by atoms with E-state index in [1.807, 2.05) is 12.2 Å². The van der Waals surface area contributed by atoms with Crippen LogP contribution in [0.1, 0.15) is 6.42 Å². The maximum atomic E-state index is 11.2. The Balaban J connectivity index is 2.58. The molecule has 0 unspecified atom stereocenters. The van der Waals surface area contributed by atoms with Crippen molar-refractivity contribution in [3.63, 3.8) is 0 Å². The first-order chi connectivity index (χ1) is 5.61. The highest BCUT2D eigenvalue weighted by atomic mass is 32.2. The molecule has 0 bridgehead atoms. The number of rotatable bonds is 0. The molecule has 2 aliphatic rings. The molecule has 0 amide bonds. The molecule has 0 saturated carbocycles. The zero-order chi connectivity index (χ0) is 8.77. The van der Waals surface area contributed by atoms with E-state index in [0.29, 0.717) is 17.8 Å². The van der Waals surface area contributed by atoms with Crippen LogP contribution in [0.4, 0.5) is 0 Å². The summed E-state index contributed by atoms with van der Waals surface area (Å²) in [6.45, 7) is 0. The van der Waals surface area contributed by atoms with Crippen LogP contribution in [-0.4, -0.2) is 25.5 Å². The molecular weight excluding hydrogens is 176 g/mol. The maximum absolute atomic E-state index is 11.2. The third-order valence-electron chi connectivity index (χ3n) is 1.91. The van der Waals surface area contributed by atoms with E-state index in [1.165, 1.54) is 11.4 Å². The largest absolute Gasteiger partial charge is 0.344 e. The van der Waals surface area contributed by atoms with Crippen molar-refractivity contribution in [2.75, 3.05) is 7.05 Å². The first-order valence-electron chi connectivity index (χ1n) is 3.56. The van der Waals surface area contributed by atoms with Crippen molar-refractivity contribution in [2.45, 2.75) is 6.42 Å². The molecule has 0 N–H and O–H groups in total. The Kier molecular flexibility index (Phi) is 1.38. The summed E-state index contributed by atoms with van der Waals surface area (Å²) in [6, 6.07) is 0. The Morgan fingerprint density at radius 2 is 2.33 bits per heavy atom. The van der Waals surface area contributed by atoms with Crippen LogP contribution in [-0.2, 0) is 10.2 Å². The molecule has 1 aliphatic heterocycles. The van der Waals surface area contributed by atoms with Gasteiger partial charge in [0.2, 0.25) is 0 Å². The molecular formula is C7H8N2O2S. The van der Waals surface area contributed by atoms with Crippen LogP contribution in [0.3, 0.4) is 0 Å². The standard InChI is InChI=1S/C7H8N2O2S/c1-9-7-5-3-2-4-6(7)8-12(9,10)11/h2-3,5H,4H2,1H3. The summed E-state index contributed by atoms with van der Waals surface area (Å²) in [4.78, 5) is 0. The van der Waals surface area contributed by atoms with Crippen molar-refractivity contribution in [3.05, 3.63) is 23.9 Å². The summed E-state index contributed by atoms with van der Waals surface area (Å²) in [5.41, 5.74) is 1.33. The minimum atomic E-state index is -3.39. The molecule has 0 atom stereocenters. The second-order valence-electron chi connectivity index (χ2n) is 2.67. The van der Waals surface area contributed by atoms with Crippen LogP contribution >= 0.6 is 0 Å². The van der Waals surface area contributed by atoms with E-state index in [4.69, 9.17) is 0 Å². The minimum absolute atomic E-state index is 0.607. The monoisotopic (exact) mass is 184 g/mol. The Morgan fingerprint density at radius 3 is 3.00 bits per heavy atom. The molecule has 0 radical (unpaired) electrons. The van der Waals surface area contributed by atoms with Gasteiger partial charge in [0.15, 0.2) is 0 Å². The van der Waals surface area contributed by atoms with Gasteiger partial charge in [0, 0.05) is 13.5 Å². The van der Waals surface area contributed by atoms with Gasteiger partial charge in [0.1, 0.15) is 0 Å². The molecule has 0 saturated heterocycles. The molecule has 0 spiro atoms. The van der Waals surface area contributed by atoms with Crippen LogP contribution in [0.2, 0.25) is 0 Å². The van der Waals surface area contributed by atoms with Gasteiger partial charge < -0.3 is 0 Å². The summed E-state index contributed by atoms with van der Waals surface area (Å²) in [5.74, 6) is 0. The van der Waals surface area contributed by atoms with E-state index in [1.54, 1.807) is 6.08 Å². The quantitative estimate of drug-likeness (QED) is 0.549. The van der Waals surface area contributed by atoms with Crippen LogP contribution in [0.25, 0.3) is 0 Å². The first kappa shape index (κ1) is 7.54. The maximum Gasteiger partial charge on any atom is 0.344 e. The predicted octanol–water partition coefficient (Wildman–Crippen LogP) is 0.461. The van der Waals surface area contributed by atoms with Crippen molar-refractivity contribution >= 4 is 15.9 Å². The molecule has 12 heavy (non-hydrogen) atoms. The fraction of sp³-hybridized carbons (Fsp3) is 0.286. The predicted molar refractivity (Wildman–Crippen MR) is 46.0 cm³/mol. The van der Waals surface area contributed by atoms with Crippen LogP contribution in [0.5, 0.6) is 0 Å². The van der Waals surface area contributed by atoms with Crippen LogP contribution in [0.15, 0.2) is 28.3 Å². The topological polar surface area (TPSA) is 49.7 Å². The number of hydrogen-bond donors (Lipinski definition) is 0. The molecule has 4 nitrogen and oxygen atoms in total. The number of allylic oxidation sites excluding steroid dienone is 4. The van der Waals surface area contributed by atoms with Gasteiger partial charge in [-0.25, -0.2) is 0 Å². The molecule has 64 valence electrons. The van der Waals surface area contributed by atoms with Crippen molar-refractivity contribution in [1.29, 1.82) is 0 Å². The van der Waals surface area contributed by atoms with E-state index < -0.39 is 10.2 Å². The van der Waals surface area contributed by atoms with Crippen LogP contribution < -0.4 is 0 Å². The summed E-state index contributed by atoms with van der Waals surface area (Å²) in [7, 11) is -1.88. The number of hydrogen-bond acceptors (Lipinski definition) is 2. The summed E-state index contributed by atoms with van der Waals surface area (Å²) in [5, 5.41) is 0. The van der Waals surface area contributed by atoms with E-state index >= 15 is 0 Å². The second kappa shape index (κ2) is 2.20. The highest BCUT2D eigenvalue weighted by Crippen LogP contribution is 2.24. The fourth-order valence-corrected chi connectivity index (χ4v) is 2.22. The smallest absolute Gasteiger partial charge is 0.253 e. The Labute approximate surface area is 71.1 Å². The zero-order valence-corrected chi connectivity index (χ0v) is 7.37. The third kappa shape index (κ3) is 0.896. The SMILES string of the molecule is CN1C2=CC=CCC2=NS1(=O)=O. The molecule has 1 aliphatic carbocycles. The van der Waals surface area contributed by atoms with Crippen molar-refractivity contribution < 1.29 is 8.42 Å². The number of fused-ring (bicyclic) bond motifs is 1. The Morgan fingerprint density at radius 1 is 1.58 bits per heavy atom. The van der Waals surface area contributed by atoms with E-state index in [2.05, 4.69) is 4.40 Å². The molecule has 5 heteroatoms. The fourth-order valence-electron chi connectivity index (χ4n) is 1.24. The van der Waals surface area contributed by atoms with Gasteiger partial charge in [-0.15, -0.1) is 4.40 Å². The molecule has 0 aromatic carbocycles. The molecule has 0 aromatic heterocycles. The second-order valence-corrected chi connectivity index (χ2v) is 4.29. The summed E-state index contributed by atoms with van der Waals surface area (Å²) >= 11 is 0. The molecule has 1 heterocycles. The van der Waals surface area contributed by atoms with E-state index in [9.17, 15) is 8.42 Å². The summed E-state index contributed by atoms with van der Waals surface area (Å²) < 4.78 is 27.2. The Bertz CT molecular complexity index is 403. The molecule has 2 rings (SSSR count). The zero-order valence-electron chi connectivity index (χ0n) is 6.56. The van der Waals surface area contributed by atoms with Gasteiger partial charge in [-0.1, -0.05) is 12.2 Å². The average Bonchev–Trinajstić information content (AvgIpc) is 2.24. The normalized spacial score (nSPS) is 24.9. The molecule has 0 aromatic rings. The third-order valence-corrected chi connectivity index (χ3v) is 3.25. The van der Waals surface area contributed by atoms with Crippen molar-refractivity contribution in [2.24, 2.45) is 4.40 Å².